The van der Waals surface area contributed by atoms with E-state index in [9.17, 15) is 4.79 Å². The molecule has 0 spiro atoms. The Balaban J connectivity index is 1.47. The van der Waals surface area contributed by atoms with E-state index in [1.165, 1.54) is 0 Å². The molecule has 3 aromatic rings. The van der Waals surface area contributed by atoms with Gasteiger partial charge >= 0.3 is 0 Å². The van der Waals surface area contributed by atoms with Crippen molar-refractivity contribution in [2.75, 3.05) is 6.79 Å². The van der Waals surface area contributed by atoms with Gasteiger partial charge in [-0.15, -0.1) is 0 Å². The number of benzene rings is 2. The van der Waals surface area contributed by atoms with E-state index in [2.05, 4.69) is 15.5 Å². The molecule has 2 heterocycles. The van der Waals surface area contributed by atoms with Gasteiger partial charge in [-0.05, 0) is 44.2 Å². The van der Waals surface area contributed by atoms with Gasteiger partial charge < -0.3 is 14.0 Å². The van der Waals surface area contributed by atoms with Crippen LogP contribution >= 0.6 is 0 Å². The molecule has 1 aliphatic heterocycles. The maximum absolute atomic E-state index is 12.3. The van der Waals surface area contributed by atoms with Gasteiger partial charge in [0.2, 0.25) is 6.79 Å². The summed E-state index contributed by atoms with van der Waals surface area (Å²) in [4.78, 5) is 16.8. The fourth-order valence-corrected chi connectivity index (χ4v) is 2.91. The molecule has 0 atom stereocenters. The number of nitrogens with one attached hydrogen (secondary N) is 1. The van der Waals surface area contributed by atoms with Crippen molar-refractivity contribution >= 4 is 22.7 Å². The van der Waals surface area contributed by atoms with Crippen molar-refractivity contribution in [1.29, 1.82) is 0 Å². The highest BCUT2D eigenvalue weighted by Gasteiger charge is 2.14. The molecular weight excluding hydrogens is 332 g/mol. The van der Waals surface area contributed by atoms with Gasteiger partial charge in [0.05, 0.1) is 16.7 Å². The zero-order valence-corrected chi connectivity index (χ0v) is 14.5. The van der Waals surface area contributed by atoms with Gasteiger partial charge in [0.1, 0.15) is 12.4 Å². The van der Waals surface area contributed by atoms with Crippen molar-refractivity contribution in [3.63, 3.8) is 0 Å². The summed E-state index contributed by atoms with van der Waals surface area (Å²) in [6.07, 6.45) is 0. The second kappa shape index (κ2) is 6.51. The van der Waals surface area contributed by atoms with Crippen molar-refractivity contribution < 1.29 is 14.3 Å². The number of aryl methyl sites for hydroxylation is 1. The van der Waals surface area contributed by atoms with Crippen LogP contribution in [0, 0.1) is 6.92 Å². The van der Waals surface area contributed by atoms with Crippen molar-refractivity contribution in [2.45, 2.75) is 20.4 Å². The van der Waals surface area contributed by atoms with Gasteiger partial charge in [0, 0.05) is 5.56 Å². The van der Waals surface area contributed by atoms with Crippen molar-refractivity contribution in [3.8, 4) is 11.5 Å². The third-order valence-electron chi connectivity index (χ3n) is 4.29. The minimum Gasteiger partial charge on any atom is -0.454 e. The Morgan fingerprint density at radius 3 is 2.92 bits per heavy atom. The van der Waals surface area contributed by atoms with Crippen LogP contribution in [0.3, 0.4) is 0 Å². The monoisotopic (exact) mass is 350 g/mol. The molecule has 1 amide bonds. The molecule has 132 valence electrons. The first-order chi connectivity index (χ1) is 12.6. The Morgan fingerprint density at radius 1 is 1.23 bits per heavy atom. The Morgan fingerprint density at radius 2 is 2.04 bits per heavy atom. The van der Waals surface area contributed by atoms with Crippen LogP contribution in [0.15, 0.2) is 47.6 Å². The maximum atomic E-state index is 12.3. The highest BCUT2D eigenvalue weighted by atomic mass is 16.7. The molecule has 1 aromatic heterocycles. The van der Waals surface area contributed by atoms with E-state index in [1.54, 1.807) is 0 Å². The number of nitrogens with zero attached hydrogens (tertiary/aromatic N) is 3. The smallest absolute Gasteiger partial charge is 0.260 e. The number of amides is 1. The number of carbonyl (C=O) groups excluding carboxylic acids is 1. The molecule has 2 aromatic carbocycles. The number of para-hydroxylation sites is 2. The molecule has 4 rings (SSSR count). The van der Waals surface area contributed by atoms with Crippen molar-refractivity contribution in [3.05, 3.63) is 53.9 Å². The predicted octanol–water partition coefficient (Wildman–Crippen LogP) is 2.61. The fourth-order valence-electron chi connectivity index (χ4n) is 2.91. The molecule has 0 fully saturated rings. The number of imidazole rings is 1. The molecule has 0 radical (unpaired) electrons. The first-order valence-electron chi connectivity index (χ1n) is 8.27. The van der Waals surface area contributed by atoms with Crippen LogP contribution < -0.4 is 14.9 Å². The Labute approximate surface area is 150 Å². The summed E-state index contributed by atoms with van der Waals surface area (Å²) in [5.41, 5.74) is 5.95. The molecular formula is C19H18N4O3. The number of hydrogen-bond acceptors (Lipinski definition) is 5. The summed E-state index contributed by atoms with van der Waals surface area (Å²) in [5, 5.41) is 4.20. The first kappa shape index (κ1) is 16.1. The van der Waals surface area contributed by atoms with Gasteiger partial charge in [-0.25, -0.2) is 10.4 Å². The number of hydrazone groups is 1. The molecule has 0 aliphatic carbocycles. The summed E-state index contributed by atoms with van der Waals surface area (Å²) >= 11 is 0. The number of carbonyl (C=O) groups is 1. The van der Waals surface area contributed by atoms with E-state index >= 15 is 0 Å². The molecule has 0 bridgehead atoms. The second-order valence-electron chi connectivity index (χ2n) is 6.03. The Hall–Kier alpha value is -3.35. The molecule has 26 heavy (non-hydrogen) atoms. The molecule has 1 N–H and O–H groups in total. The summed E-state index contributed by atoms with van der Waals surface area (Å²) in [7, 11) is 0. The van der Waals surface area contributed by atoms with Crippen molar-refractivity contribution in [2.24, 2.45) is 5.10 Å². The lowest BCUT2D eigenvalue weighted by Gasteiger charge is -2.07. The lowest BCUT2D eigenvalue weighted by molar-refractivity contribution is -0.121. The summed E-state index contributed by atoms with van der Waals surface area (Å²) in [6, 6.07) is 13.3. The van der Waals surface area contributed by atoms with Crippen molar-refractivity contribution in [1.82, 2.24) is 15.0 Å². The lowest BCUT2D eigenvalue weighted by Crippen LogP contribution is -2.24. The molecule has 7 nitrogen and oxygen atoms in total. The molecule has 1 aliphatic rings. The average molecular weight is 350 g/mol. The third kappa shape index (κ3) is 2.99. The van der Waals surface area contributed by atoms with Crippen LogP contribution in [-0.4, -0.2) is 28.0 Å². The maximum Gasteiger partial charge on any atom is 0.260 e. The van der Waals surface area contributed by atoms with Gasteiger partial charge in [-0.2, -0.15) is 5.10 Å². The van der Waals surface area contributed by atoms with Crippen LogP contribution in [0.5, 0.6) is 11.5 Å². The van der Waals surface area contributed by atoms with Gasteiger partial charge in [0.15, 0.2) is 11.5 Å². The van der Waals surface area contributed by atoms with Gasteiger partial charge in [0.25, 0.3) is 5.91 Å². The Kier molecular flexibility index (Phi) is 4.04. The molecule has 0 saturated heterocycles. The minimum atomic E-state index is -0.212. The van der Waals surface area contributed by atoms with Crippen LogP contribution in [0.4, 0.5) is 0 Å². The average Bonchev–Trinajstić information content (AvgIpc) is 3.23. The van der Waals surface area contributed by atoms with E-state index in [-0.39, 0.29) is 19.2 Å². The Bertz CT molecular complexity index is 1020. The van der Waals surface area contributed by atoms with Crippen LogP contribution in [-0.2, 0) is 11.3 Å². The number of ether oxygens (including phenoxy) is 2. The third-order valence-corrected chi connectivity index (χ3v) is 4.29. The minimum absolute atomic E-state index is 0.157. The van der Waals surface area contributed by atoms with E-state index in [4.69, 9.17) is 9.47 Å². The highest BCUT2D eigenvalue weighted by molar-refractivity contribution is 5.99. The second-order valence-corrected chi connectivity index (χ2v) is 6.03. The van der Waals surface area contributed by atoms with Gasteiger partial charge in [-0.3, -0.25) is 4.79 Å². The number of rotatable bonds is 4. The van der Waals surface area contributed by atoms with E-state index in [0.29, 0.717) is 17.2 Å². The highest BCUT2D eigenvalue weighted by Crippen LogP contribution is 2.32. The molecule has 0 saturated carbocycles. The van der Waals surface area contributed by atoms with E-state index < -0.39 is 0 Å². The SMILES string of the molecule is C/C(=N/NC(=O)Cn1c(C)nc2ccccc21)c1ccc2c(c1)OCO2. The molecule has 7 heteroatoms. The van der Waals surface area contributed by atoms with E-state index in [1.807, 2.05) is 60.9 Å². The zero-order chi connectivity index (χ0) is 18.1. The number of fused-ring (bicyclic) bond motifs is 2. The van der Waals surface area contributed by atoms with Crippen LogP contribution in [0.2, 0.25) is 0 Å². The standard InChI is InChI=1S/C19H18N4O3/c1-12(14-7-8-17-18(9-14)26-11-25-17)21-22-19(24)10-23-13(2)20-15-5-3-4-6-16(15)23/h3-9H,10-11H2,1-2H3,(H,22,24)/b21-12-. The number of hydrogen-bond donors (Lipinski definition) is 1. The van der Waals surface area contributed by atoms with Crippen LogP contribution in [0.25, 0.3) is 11.0 Å². The summed E-state index contributed by atoms with van der Waals surface area (Å²) in [5.74, 6) is 1.98. The normalized spacial score (nSPS) is 13.2. The topological polar surface area (TPSA) is 77.7 Å². The van der Waals surface area contributed by atoms with E-state index in [0.717, 1.165) is 22.4 Å². The predicted molar refractivity (Wildman–Crippen MR) is 97.4 cm³/mol. The van der Waals surface area contributed by atoms with Gasteiger partial charge in [-0.1, -0.05) is 12.1 Å². The lowest BCUT2D eigenvalue weighted by atomic mass is 10.1. The fraction of sp³-hybridized carbons (Fsp3) is 0.211. The van der Waals surface area contributed by atoms with Crippen LogP contribution in [0.1, 0.15) is 18.3 Å². The molecule has 0 unspecified atom stereocenters. The zero-order valence-electron chi connectivity index (χ0n) is 14.5. The first-order valence-corrected chi connectivity index (χ1v) is 8.27. The summed E-state index contributed by atoms with van der Waals surface area (Å²) < 4.78 is 12.5. The summed E-state index contributed by atoms with van der Waals surface area (Å²) in [6.45, 7) is 4.10. The number of aromatic nitrogens is 2. The largest absolute Gasteiger partial charge is 0.454 e. The quantitative estimate of drug-likeness (QED) is 0.580.